The van der Waals surface area contributed by atoms with Crippen LogP contribution in [-0.4, -0.2) is 38.4 Å². The molecular formula is C27H27F5N4O2. The summed E-state index contributed by atoms with van der Waals surface area (Å²) in [5, 5.41) is 7.35. The first-order chi connectivity index (χ1) is 17.9. The van der Waals surface area contributed by atoms with E-state index in [4.69, 9.17) is 4.84 Å². The summed E-state index contributed by atoms with van der Waals surface area (Å²) in [7, 11) is 0. The molecule has 202 valence electrons. The summed E-state index contributed by atoms with van der Waals surface area (Å²) in [6.45, 7) is 5.46. The number of rotatable bonds is 6. The Kier molecular flexibility index (Phi) is 6.53. The van der Waals surface area contributed by atoms with Crippen molar-refractivity contribution in [3.63, 3.8) is 0 Å². The van der Waals surface area contributed by atoms with E-state index >= 15 is 8.78 Å². The second kappa shape index (κ2) is 9.44. The van der Waals surface area contributed by atoms with Gasteiger partial charge >= 0.3 is 12.1 Å². The molecule has 0 unspecified atom stereocenters. The van der Waals surface area contributed by atoms with E-state index in [1.807, 2.05) is 6.92 Å². The van der Waals surface area contributed by atoms with E-state index in [1.54, 1.807) is 24.3 Å². The normalized spacial score (nSPS) is 24.2. The van der Waals surface area contributed by atoms with Gasteiger partial charge in [-0.05, 0) is 65.3 Å². The van der Waals surface area contributed by atoms with Gasteiger partial charge in [0.25, 0.3) is 0 Å². The van der Waals surface area contributed by atoms with Gasteiger partial charge < -0.3 is 4.84 Å². The minimum absolute atomic E-state index is 0.00795. The summed E-state index contributed by atoms with van der Waals surface area (Å²) >= 11 is 0. The summed E-state index contributed by atoms with van der Waals surface area (Å²) in [6.07, 6.45) is -2.51. The third-order valence-corrected chi connectivity index (χ3v) is 8.45. The SMILES string of the molecule is C[C@@H]1[C@H](N(Cc2c(F)cc(-c3cccc(-c4ncn[nH]4)c3)cc2F)OC(=O)C(F)(F)F)C[C@@H]2C[C@H]1C2(C)C. The Morgan fingerprint density at radius 2 is 1.79 bits per heavy atom. The van der Waals surface area contributed by atoms with Gasteiger partial charge in [0.05, 0.1) is 6.54 Å². The molecule has 11 heteroatoms. The zero-order chi connectivity index (χ0) is 27.4. The van der Waals surface area contributed by atoms with Crippen LogP contribution in [-0.2, 0) is 16.2 Å². The molecule has 3 aliphatic rings. The number of hydrogen-bond acceptors (Lipinski definition) is 5. The summed E-state index contributed by atoms with van der Waals surface area (Å²) in [5.41, 5.74) is 0.933. The fourth-order valence-electron chi connectivity index (χ4n) is 6.15. The number of fused-ring (bicyclic) bond motifs is 2. The molecule has 2 aromatic carbocycles. The molecular weight excluding hydrogens is 507 g/mol. The topological polar surface area (TPSA) is 71.1 Å². The summed E-state index contributed by atoms with van der Waals surface area (Å²) < 4.78 is 69.9. The highest BCUT2D eigenvalue weighted by atomic mass is 19.4. The first-order valence-electron chi connectivity index (χ1n) is 12.4. The Hall–Kier alpha value is -3.34. The molecule has 0 saturated heterocycles. The van der Waals surface area contributed by atoms with Gasteiger partial charge in [-0.3, -0.25) is 5.10 Å². The van der Waals surface area contributed by atoms with Crippen molar-refractivity contribution in [2.24, 2.45) is 23.2 Å². The molecule has 6 nitrogen and oxygen atoms in total. The van der Waals surface area contributed by atoms with Crippen LogP contribution in [0.4, 0.5) is 22.0 Å². The maximum absolute atomic E-state index is 15.3. The predicted octanol–water partition coefficient (Wildman–Crippen LogP) is 6.31. The average Bonchev–Trinajstić information content (AvgIpc) is 3.40. The number of hydroxylamine groups is 2. The van der Waals surface area contributed by atoms with E-state index in [0.717, 1.165) is 23.6 Å². The third-order valence-electron chi connectivity index (χ3n) is 8.45. The molecule has 3 saturated carbocycles. The van der Waals surface area contributed by atoms with Crippen molar-refractivity contribution in [3.8, 4) is 22.5 Å². The standard InChI is InChI=1S/C27H27F5N4O2/c1-14-20-10-18(26(20,2)3)11-23(14)36(38-25(37)27(30,31)32)12-19-21(28)8-17(9-22(19)29)15-5-4-6-16(7-15)24-33-13-34-35-24/h4-9,13-14,18,20,23H,10-12H2,1-3H3,(H,33,34,35)/t14-,18-,20+,23+/m0/s1. The fourth-order valence-corrected chi connectivity index (χ4v) is 6.15. The molecule has 1 N–H and O–H groups in total. The van der Waals surface area contributed by atoms with Crippen LogP contribution in [0.1, 0.15) is 39.2 Å². The highest BCUT2D eigenvalue weighted by molar-refractivity contribution is 5.75. The van der Waals surface area contributed by atoms with Gasteiger partial charge in [0.15, 0.2) is 5.82 Å². The van der Waals surface area contributed by atoms with E-state index in [1.165, 1.54) is 6.33 Å². The largest absolute Gasteiger partial charge is 0.492 e. The quantitative estimate of drug-likeness (QED) is 0.297. The van der Waals surface area contributed by atoms with Crippen molar-refractivity contribution in [1.82, 2.24) is 20.2 Å². The lowest BCUT2D eigenvalue weighted by Gasteiger charge is -2.63. The maximum Gasteiger partial charge on any atom is 0.492 e. The van der Waals surface area contributed by atoms with Crippen LogP contribution < -0.4 is 0 Å². The van der Waals surface area contributed by atoms with Crippen molar-refractivity contribution >= 4 is 5.97 Å². The van der Waals surface area contributed by atoms with Crippen molar-refractivity contribution < 1.29 is 31.6 Å². The Labute approximate surface area is 216 Å². The van der Waals surface area contributed by atoms with E-state index < -0.39 is 41.9 Å². The summed E-state index contributed by atoms with van der Waals surface area (Å²) in [4.78, 5) is 20.6. The van der Waals surface area contributed by atoms with Crippen LogP contribution in [0.15, 0.2) is 42.7 Å². The summed E-state index contributed by atoms with van der Waals surface area (Å²) in [6, 6.07) is 8.45. The number of carbonyl (C=O) groups is 1. The molecule has 1 aromatic heterocycles. The van der Waals surface area contributed by atoms with Gasteiger partial charge in [0.1, 0.15) is 18.0 Å². The maximum atomic E-state index is 15.3. The first kappa shape index (κ1) is 26.3. The number of alkyl halides is 3. The van der Waals surface area contributed by atoms with Crippen molar-refractivity contribution in [3.05, 3.63) is 59.9 Å². The number of nitrogens with zero attached hydrogens (tertiary/aromatic N) is 3. The average molecular weight is 535 g/mol. The van der Waals surface area contributed by atoms with Gasteiger partial charge in [0, 0.05) is 17.2 Å². The molecule has 3 aliphatic carbocycles. The van der Waals surface area contributed by atoms with Gasteiger partial charge in [-0.2, -0.15) is 18.3 Å². The molecule has 3 fully saturated rings. The number of nitrogens with one attached hydrogen (secondary N) is 1. The lowest BCUT2D eigenvalue weighted by molar-refractivity contribution is -0.270. The number of H-pyrrole nitrogens is 1. The highest BCUT2D eigenvalue weighted by Gasteiger charge is 2.58. The van der Waals surface area contributed by atoms with Crippen molar-refractivity contribution in [1.29, 1.82) is 0 Å². The van der Waals surface area contributed by atoms with E-state index in [2.05, 4.69) is 29.0 Å². The number of hydrogen-bond donors (Lipinski definition) is 1. The number of carbonyl (C=O) groups excluding carboxylic acids is 1. The van der Waals surface area contributed by atoms with Crippen molar-refractivity contribution in [2.45, 2.75) is 52.4 Å². The Bertz CT molecular complexity index is 1320. The number of aromatic amines is 1. The molecule has 2 bridgehead atoms. The van der Waals surface area contributed by atoms with Crippen LogP contribution in [0.25, 0.3) is 22.5 Å². The molecule has 0 spiro atoms. The van der Waals surface area contributed by atoms with Crippen LogP contribution in [0, 0.1) is 34.8 Å². The molecule has 38 heavy (non-hydrogen) atoms. The van der Waals surface area contributed by atoms with Gasteiger partial charge in [-0.25, -0.2) is 18.6 Å². The smallest absolute Gasteiger partial charge is 0.360 e. The highest BCUT2D eigenvalue weighted by Crippen LogP contribution is 2.62. The first-order valence-corrected chi connectivity index (χ1v) is 12.4. The number of benzene rings is 2. The minimum atomic E-state index is -5.24. The van der Waals surface area contributed by atoms with Crippen LogP contribution in [0.2, 0.25) is 0 Å². The fraction of sp³-hybridized carbons (Fsp3) is 0.444. The number of aromatic nitrogens is 3. The van der Waals surface area contributed by atoms with Crippen LogP contribution in [0.5, 0.6) is 0 Å². The lowest BCUT2D eigenvalue weighted by atomic mass is 9.44. The molecule has 0 amide bonds. The second-order valence-electron chi connectivity index (χ2n) is 10.8. The van der Waals surface area contributed by atoms with Gasteiger partial charge in [-0.1, -0.05) is 39.0 Å². The Balaban J connectivity index is 1.44. The van der Waals surface area contributed by atoms with Crippen LogP contribution in [0.3, 0.4) is 0 Å². The summed E-state index contributed by atoms with van der Waals surface area (Å²) in [5.74, 6) is -3.56. The predicted molar refractivity (Wildman–Crippen MR) is 128 cm³/mol. The third kappa shape index (κ3) is 4.68. The molecule has 0 aliphatic heterocycles. The van der Waals surface area contributed by atoms with Crippen LogP contribution >= 0.6 is 0 Å². The molecule has 0 radical (unpaired) electrons. The Morgan fingerprint density at radius 1 is 1.11 bits per heavy atom. The van der Waals surface area contributed by atoms with E-state index in [9.17, 15) is 18.0 Å². The monoisotopic (exact) mass is 534 g/mol. The van der Waals surface area contributed by atoms with Crippen molar-refractivity contribution in [2.75, 3.05) is 0 Å². The Morgan fingerprint density at radius 3 is 2.37 bits per heavy atom. The lowest BCUT2D eigenvalue weighted by Crippen LogP contribution is -2.61. The second-order valence-corrected chi connectivity index (χ2v) is 10.8. The minimum Gasteiger partial charge on any atom is -0.360 e. The molecule has 6 rings (SSSR count). The zero-order valence-electron chi connectivity index (χ0n) is 21.0. The zero-order valence-corrected chi connectivity index (χ0v) is 21.0. The van der Waals surface area contributed by atoms with E-state index in [0.29, 0.717) is 23.4 Å². The van der Waals surface area contributed by atoms with E-state index in [-0.39, 0.29) is 28.7 Å². The number of halogens is 5. The molecule has 1 heterocycles. The van der Waals surface area contributed by atoms with Gasteiger partial charge in [0.2, 0.25) is 0 Å². The molecule has 4 atom stereocenters. The molecule has 3 aromatic rings. The van der Waals surface area contributed by atoms with Gasteiger partial charge in [-0.15, -0.1) is 5.06 Å².